The molecule has 4 aromatic rings. The van der Waals surface area contributed by atoms with Gasteiger partial charge in [0.25, 0.3) is 0 Å². The highest BCUT2D eigenvalue weighted by Gasteiger charge is 2.39. The third kappa shape index (κ3) is 2.64. The summed E-state index contributed by atoms with van der Waals surface area (Å²) in [6.45, 7) is 0. The number of aromatic nitrogens is 1. The maximum Gasteiger partial charge on any atom is 0.0873 e. The van der Waals surface area contributed by atoms with Crippen LogP contribution in [0.3, 0.4) is 0 Å². The minimum atomic E-state index is -0.439. The van der Waals surface area contributed by atoms with Gasteiger partial charge in [0.1, 0.15) is 0 Å². The third-order valence-corrected chi connectivity index (χ3v) is 4.67. The van der Waals surface area contributed by atoms with E-state index in [-0.39, 0.29) is 0 Å². The van der Waals surface area contributed by atoms with Crippen LogP contribution in [0.4, 0.5) is 0 Å². The minimum absolute atomic E-state index is 0.439. The van der Waals surface area contributed by atoms with Crippen LogP contribution < -0.4 is 0 Å². The molecule has 0 amide bonds. The van der Waals surface area contributed by atoms with Gasteiger partial charge in [0.2, 0.25) is 0 Å². The van der Waals surface area contributed by atoms with E-state index in [0.717, 1.165) is 5.69 Å². The number of hydrogen-bond donors (Lipinski definition) is 0. The summed E-state index contributed by atoms with van der Waals surface area (Å²) in [5, 5.41) is 0. The summed E-state index contributed by atoms with van der Waals surface area (Å²) in [5.41, 5.74) is 4.23. The molecule has 1 heteroatoms. The van der Waals surface area contributed by atoms with E-state index in [0.29, 0.717) is 0 Å². The molecule has 0 atom stereocenters. The maximum absolute atomic E-state index is 4.78. The van der Waals surface area contributed by atoms with Crippen molar-refractivity contribution in [2.24, 2.45) is 0 Å². The fraction of sp³-hybridized carbons (Fsp3) is 0.0417. The molecule has 0 aliphatic carbocycles. The fourth-order valence-electron chi connectivity index (χ4n) is 3.59. The number of rotatable bonds is 4. The number of hydrogen-bond acceptors (Lipinski definition) is 1. The molecule has 1 aromatic heterocycles. The highest BCUT2D eigenvalue weighted by atomic mass is 14.7. The van der Waals surface area contributed by atoms with Crippen molar-refractivity contribution in [1.29, 1.82) is 0 Å². The summed E-state index contributed by atoms with van der Waals surface area (Å²) in [7, 11) is 0. The molecule has 120 valence electrons. The summed E-state index contributed by atoms with van der Waals surface area (Å²) >= 11 is 0. The Hall–Kier alpha value is -3.19. The van der Waals surface area contributed by atoms with Crippen molar-refractivity contribution in [3.05, 3.63) is 138 Å². The SMILES string of the molecule is c1ccc(C(c2ccccc2)(c2ccccc2)c2ccccn2)cc1. The molecule has 0 radical (unpaired) electrons. The van der Waals surface area contributed by atoms with Crippen LogP contribution in [0.2, 0.25) is 0 Å². The van der Waals surface area contributed by atoms with Gasteiger partial charge in [-0.05, 0) is 28.8 Å². The van der Waals surface area contributed by atoms with Gasteiger partial charge in [-0.2, -0.15) is 0 Å². The topological polar surface area (TPSA) is 12.9 Å². The van der Waals surface area contributed by atoms with Crippen LogP contribution in [0.25, 0.3) is 0 Å². The maximum atomic E-state index is 4.78. The minimum Gasteiger partial charge on any atom is -0.260 e. The summed E-state index contributed by atoms with van der Waals surface area (Å²) in [4.78, 5) is 4.78. The van der Waals surface area contributed by atoms with Crippen LogP contribution in [0.5, 0.6) is 0 Å². The monoisotopic (exact) mass is 321 g/mol. The molecule has 25 heavy (non-hydrogen) atoms. The summed E-state index contributed by atoms with van der Waals surface area (Å²) in [6.07, 6.45) is 1.87. The molecular weight excluding hydrogens is 302 g/mol. The molecule has 0 unspecified atom stereocenters. The van der Waals surface area contributed by atoms with E-state index in [2.05, 4.69) is 103 Å². The zero-order valence-corrected chi connectivity index (χ0v) is 13.9. The molecule has 3 aromatic carbocycles. The Balaban J connectivity index is 2.13. The normalized spacial score (nSPS) is 11.2. The fourth-order valence-corrected chi connectivity index (χ4v) is 3.59. The first-order chi connectivity index (χ1) is 12.4. The standard InChI is InChI=1S/C24H19N/c1-4-12-20(13-5-1)24(21-14-6-2-7-15-21,22-16-8-3-9-17-22)23-18-10-11-19-25-23/h1-19H. The van der Waals surface area contributed by atoms with Gasteiger partial charge in [0.05, 0.1) is 11.1 Å². The Morgan fingerprint density at radius 3 is 1.20 bits per heavy atom. The van der Waals surface area contributed by atoms with Gasteiger partial charge in [-0.15, -0.1) is 0 Å². The van der Waals surface area contributed by atoms with E-state index in [4.69, 9.17) is 4.98 Å². The van der Waals surface area contributed by atoms with Crippen molar-refractivity contribution >= 4 is 0 Å². The van der Waals surface area contributed by atoms with Crippen molar-refractivity contribution in [2.45, 2.75) is 5.41 Å². The largest absolute Gasteiger partial charge is 0.260 e. The smallest absolute Gasteiger partial charge is 0.0873 e. The molecule has 1 heterocycles. The number of pyridine rings is 1. The molecular formula is C24H19N. The van der Waals surface area contributed by atoms with Crippen LogP contribution in [-0.4, -0.2) is 4.98 Å². The summed E-state index contributed by atoms with van der Waals surface area (Å²) < 4.78 is 0. The molecule has 0 saturated carbocycles. The highest BCUT2D eigenvalue weighted by Crippen LogP contribution is 2.43. The first kappa shape index (κ1) is 15.3. The van der Waals surface area contributed by atoms with E-state index in [1.807, 2.05) is 12.3 Å². The molecule has 0 bridgehead atoms. The molecule has 0 aliphatic heterocycles. The van der Waals surface area contributed by atoms with E-state index < -0.39 is 5.41 Å². The summed E-state index contributed by atoms with van der Waals surface area (Å²) in [6, 6.07) is 38.0. The highest BCUT2D eigenvalue weighted by molar-refractivity contribution is 5.57. The van der Waals surface area contributed by atoms with Gasteiger partial charge < -0.3 is 0 Å². The van der Waals surface area contributed by atoms with Gasteiger partial charge in [0.15, 0.2) is 0 Å². The third-order valence-electron chi connectivity index (χ3n) is 4.67. The first-order valence-electron chi connectivity index (χ1n) is 8.50. The Labute approximate surface area is 148 Å². The van der Waals surface area contributed by atoms with E-state index in [1.165, 1.54) is 16.7 Å². The van der Waals surface area contributed by atoms with Gasteiger partial charge in [-0.1, -0.05) is 97.1 Å². The average molecular weight is 321 g/mol. The van der Waals surface area contributed by atoms with E-state index in [9.17, 15) is 0 Å². The van der Waals surface area contributed by atoms with Crippen LogP contribution >= 0.6 is 0 Å². The lowest BCUT2D eigenvalue weighted by molar-refractivity contribution is 0.714. The van der Waals surface area contributed by atoms with Crippen molar-refractivity contribution in [2.75, 3.05) is 0 Å². The Morgan fingerprint density at radius 2 is 0.840 bits per heavy atom. The molecule has 1 nitrogen and oxygen atoms in total. The lowest BCUT2D eigenvalue weighted by Crippen LogP contribution is -2.31. The zero-order chi connectivity index (χ0) is 17.0. The quantitative estimate of drug-likeness (QED) is 0.455. The molecule has 0 spiro atoms. The van der Waals surface area contributed by atoms with E-state index >= 15 is 0 Å². The first-order valence-corrected chi connectivity index (χ1v) is 8.50. The van der Waals surface area contributed by atoms with Gasteiger partial charge in [0, 0.05) is 6.20 Å². The van der Waals surface area contributed by atoms with Crippen molar-refractivity contribution in [1.82, 2.24) is 4.98 Å². The Morgan fingerprint density at radius 1 is 0.440 bits per heavy atom. The molecule has 0 fully saturated rings. The van der Waals surface area contributed by atoms with Gasteiger partial charge in [-0.25, -0.2) is 0 Å². The Kier molecular flexibility index (Phi) is 4.14. The lowest BCUT2D eigenvalue weighted by atomic mass is 9.67. The van der Waals surface area contributed by atoms with Crippen LogP contribution in [0, 0.1) is 0 Å². The predicted octanol–water partition coefficient (Wildman–Crippen LogP) is 5.46. The van der Waals surface area contributed by atoms with Gasteiger partial charge >= 0.3 is 0 Å². The van der Waals surface area contributed by atoms with Crippen molar-refractivity contribution in [3.8, 4) is 0 Å². The second-order valence-corrected chi connectivity index (χ2v) is 6.06. The molecule has 0 saturated heterocycles. The Bertz CT molecular complexity index is 753. The van der Waals surface area contributed by atoms with Crippen molar-refractivity contribution in [3.63, 3.8) is 0 Å². The molecule has 0 aliphatic rings. The second kappa shape index (κ2) is 6.74. The predicted molar refractivity (Wildman–Crippen MR) is 103 cm³/mol. The van der Waals surface area contributed by atoms with Crippen LogP contribution in [-0.2, 0) is 5.41 Å². The number of benzene rings is 3. The van der Waals surface area contributed by atoms with E-state index in [1.54, 1.807) is 0 Å². The van der Waals surface area contributed by atoms with Crippen LogP contribution in [0.15, 0.2) is 115 Å². The lowest BCUT2D eigenvalue weighted by Gasteiger charge is -2.35. The molecule has 0 N–H and O–H groups in total. The summed E-state index contributed by atoms with van der Waals surface area (Å²) in [5.74, 6) is 0. The second-order valence-electron chi connectivity index (χ2n) is 6.06. The number of nitrogens with zero attached hydrogens (tertiary/aromatic N) is 1. The zero-order valence-electron chi connectivity index (χ0n) is 13.9. The van der Waals surface area contributed by atoms with Crippen LogP contribution in [0.1, 0.15) is 22.4 Å². The average Bonchev–Trinajstić information content (AvgIpc) is 2.72. The van der Waals surface area contributed by atoms with Crippen molar-refractivity contribution < 1.29 is 0 Å². The van der Waals surface area contributed by atoms with Gasteiger partial charge in [-0.3, -0.25) is 4.98 Å². The molecule has 4 rings (SSSR count).